The third-order valence-electron chi connectivity index (χ3n) is 3.53. The number of nitrogens with one attached hydrogen (secondary N) is 1. The zero-order valence-electron chi connectivity index (χ0n) is 12.2. The second kappa shape index (κ2) is 8.10. The highest BCUT2D eigenvalue weighted by atomic mass is 16.5. The Hall–Kier alpha value is -0.160. The second-order valence-electron chi connectivity index (χ2n) is 5.84. The summed E-state index contributed by atoms with van der Waals surface area (Å²) < 4.78 is 5.30. The van der Waals surface area contributed by atoms with Crippen LogP contribution in [0.25, 0.3) is 0 Å². The summed E-state index contributed by atoms with van der Waals surface area (Å²) in [7, 11) is 2.10. The minimum Gasteiger partial charge on any atom is -0.388 e. The van der Waals surface area contributed by atoms with E-state index in [0.29, 0.717) is 19.1 Å². The lowest BCUT2D eigenvalue weighted by molar-refractivity contribution is -0.0778. The summed E-state index contributed by atoms with van der Waals surface area (Å²) in [5.74, 6) is 0.616. The van der Waals surface area contributed by atoms with Gasteiger partial charge in [0.25, 0.3) is 0 Å². The molecule has 0 aromatic carbocycles. The van der Waals surface area contributed by atoms with Gasteiger partial charge in [-0.15, -0.1) is 0 Å². The van der Waals surface area contributed by atoms with Gasteiger partial charge in [0, 0.05) is 39.1 Å². The minimum absolute atomic E-state index is 0.538. The van der Waals surface area contributed by atoms with Gasteiger partial charge in [-0.2, -0.15) is 0 Å². The highest BCUT2D eigenvalue weighted by molar-refractivity contribution is 4.84. The standard InChI is InChI=1S/C14H30N2O2/c1-4-7-15-10-13(2)11-16(3)12-14(17)5-8-18-9-6-14/h13,15,17H,4-12H2,1-3H3. The lowest BCUT2D eigenvalue weighted by Crippen LogP contribution is -2.47. The summed E-state index contributed by atoms with van der Waals surface area (Å²) >= 11 is 0. The summed E-state index contributed by atoms with van der Waals surface area (Å²) in [6.07, 6.45) is 2.71. The van der Waals surface area contributed by atoms with E-state index >= 15 is 0 Å². The molecule has 1 saturated heterocycles. The van der Waals surface area contributed by atoms with E-state index < -0.39 is 5.60 Å². The van der Waals surface area contributed by atoms with Crippen LogP contribution in [-0.2, 0) is 4.74 Å². The molecule has 1 aliphatic heterocycles. The smallest absolute Gasteiger partial charge is 0.0817 e. The van der Waals surface area contributed by atoms with Gasteiger partial charge in [-0.25, -0.2) is 0 Å². The van der Waals surface area contributed by atoms with Gasteiger partial charge in [-0.05, 0) is 32.5 Å². The molecule has 0 aromatic heterocycles. The molecule has 1 atom stereocenters. The van der Waals surface area contributed by atoms with Gasteiger partial charge < -0.3 is 20.1 Å². The van der Waals surface area contributed by atoms with Gasteiger partial charge >= 0.3 is 0 Å². The predicted molar refractivity (Wildman–Crippen MR) is 74.8 cm³/mol. The van der Waals surface area contributed by atoms with E-state index in [0.717, 1.165) is 39.0 Å². The van der Waals surface area contributed by atoms with E-state index in [1.165, 1.54) is 6.42 Å². The third kappa shape index (κ3) is 6.14. The molecule has 108 valence electrons. The van der Waals surface area contributed by atoms with Gasteiger partial charge in [-0.3, -0.25) is 0 Å². The molecule has 1 rings (SSSR count). The van der Waals surface area contributed by atoms with Crippen molar-refractivity contribution < 1.29 is 9.84 Å². The molecule has 1 aliphatic rings. The molecule has 1 heterocycles. The van der Waals surface area contributed by atoms with E-state index in [4.69, 9.17) is 4.74 Å². The van der Waals surface area contributed by atoms with Crippen molar-refractivity contribution in [2.24, 2.45) is 5.92 Å². The number of hydrogen-bond acceptors (Lipinski definition) is 4. The van der Waals surface area contributed by atoms with Crippen LogP contribution in [0.15, 0.2) is 0 Å². The maximum Gasteiger partial charge on any atom is 0.0817 e. The van der Waals surface area contributed by atoms with Crippen LogP contribution in [0.2, 0.25) is 0 Å². The molecule has 2 N–H and O–H groups in total. The molecule has 18 heavy (non-hydrogen) atoms. The Balaban J connectivity index is 2.20. The topological polar surface area (TPSA) is 44.7 Å². The Morgan fingerprint density at radius 1 is 1.39 bits per heavy atom. The quantitative estimate of drug-likeness (QED) is 0.640. The molecule has 0 bridgehead atoms. The van der Waals surface area contributed by atoms with Crippen molar-refractivity contribution in [2.45, 2.75) is 38.7 Å². The van der Waals surface area contributed by atoms with Crippen molar-refractivity contribution in [3.8, 4) is 0 Å². The first-order chi connectivity index (χ1) is 8.56. The van der Waals surface area contributed by atoms with Gasteiger partial charge in [0.1, 0.15) is 0 Å². The van der Waals surface area contributed by atoms with Gasteiger partial charge in [0.05, 0.1) is 5.60 Å². The Kier molecular flexibility index (Phi) is 7.15. The van der Waals surface area contributed by atoms with E-state index in [1.54, 1.807) is 0 Å². The average Bonchev–Trinajstić information content (AvgIpc) is 2.29. The summed E-state index contributed by atoms with van der Waals surface area (Å²) in [5, 5.41) is 13.9. The van der Waals surface area contributed by atoms with Crippen LogP contribution in [0.5, 0.6) is 0 Å². The molecular weight excluding hydrogens is 228 g/mol. The molecule has 4 nitrogen and oxygen atoms in total. The van der Waals surface area contributed by atoms with Crippen LogP contribution in [0, 0.1) is 5.92 Å². The molecule has 1 fully saturated rings. The van der Waals surface area contributed by atoms with Crippen LogP contribution in [0.3, 0.4) is 0 Å². The van der Waals surface area contributed by atoms with Crippen molar-refractivity contribution in [1.29, 1.82) is 0 Å². The number of nitrogens with zero attached hydrogens (tertiary/aromatic N) is 1. The number of aliphatic hydroxyl groups is 1. The second-order valence-corrected chi connectivity index (χ2v) is 5.84. The number of rotatable bonds is 8. The summed E-state index contributed by atoms with van der Waals surface area (Å²) in [4.78, 5) is 2.25. The van der Waals surface area contributed by atoms with Gasteiger partial charge in [0.2, 0.25) is 0 Å². The predicted octanol–water partition coefficient (Wildman–Crippen LogP) is 1.10. The average molecular weight is 258 g/mol. The van der Waals surface area contributed by atoms with Crippen molar-refractivity contribution >= 4 is 0 Å². The molecule has 0 saturated carbocycles. The Morgan fingerprint density at radius 2 is 2.06 bits per heavy atom. The van der Waals surface area contributed by atoms with Crippen LogP contribution >= 0.6 is 0 Å². The molecule has 0 aromatic rings. The monoisotopic (exact) mass is 258 g/mol. The first kappa shape index (κ1) is 15.9. The van der Waals surface area contributed by atoms with Crippen LogP contribution in [0.1, 0.15) is 33.1 Å². The fraction of sp³-hybridized carbons (Fsp3) is 1.00. The van der Waals surface area contributed by atoms with Crippen LogP contribution < -0.4 is 5.32 Å². The van der Waals surface area contributed by atoms with E-state index in [2.05, 4.69) is 31.1 Å². The first-order valence-corrected chi connectivity index (χ1v) is 7.25. The van der Waals surface area contributed by atoms with E-state index in [9.17, 15) is 5.11 Å². The van der Waals surface area contributed by atoms with Crippen molar-refractivity contribution in [1.82, 2.24) is 10.2 Å². The summed E-state index contributed by atoms with van der Waals surface area (Å²) in [6.45, 7) is 9.76. The van der Waals surface area contributed by atoms with Crippen LogP contribution in [0.4, 0.5) is 0 Å². The number of likely N-dealkylation sites (N-methyl/N-ethyl adjacent to an activating group) is 1. The zero-order valence-corrected chi connectivity index (χ0v) is 12.2. The molecule has 0 aliphatic carbocycles. The molecule has 0 radical (unpaired) electrons. The largest absolute Gasteiger partial charge is 0.388 e. The van der Waals surface area contributed by atoms with Gasteiger partial charge in [0.15, 0.2) is 0 Å². The van der Waals surface area contributed by atoms with Gasteiger partial charge in [-0.1, -0.05) is 13.8 Å². The summed E-state index contributed by atoms with van der Waals surface area (Å²) in [5.41, 5.74) is -0.538. The normalized spacial score (nSPS) is 21.2. The molecule has 0 spiro atoms. The number of ether oxygens (including phenoxy) is 1. The first-order valence-electron chi connectivity index (χ1n) is 7.25. The Labute approximate surface area is 112 Å². The maximum absolute atomic E-state index is 10.4. The lowest BCUT2D eigenvalue weighted by Gasteiger charge is -2.36. The fourth-order valence-electron chi connectivity index (χ4n) is 2.60. The van der Waals surface area contributed by atoms with E-state index in [1.807, 2.05) is 0 Å². The molecule has 0 amide bonds. The minimum atomic E-state index is -0.538. The SMILES string of the molecule is CCCNCC(C)CN(C)CC1(O)CCOCC1. The highest BCUT2D eigenvalue weighted by Gasteiger charge is 2.31. The molecular formula is C14H30N2O2. The van der Waals surface area contributed by atoms with Crippen LogP contribution in [-0.4, -0.2) is 62.0 Å². The Bertz CT molecular complexity index is 218. The zero-order chi connectivity index (χ0) is 13.4. The lowest BCUT2D eigenvalue weighted by atomic mass is 9.93. The highest BCUT2D eigenvalue weighted by Crippen LogP contribution is 2.21. The number of hydrogen-bond donors (Lipinski definition) is 2. The fourth-order valence-corrected chi connectivity index (χ4v) is 2.60. The third-order valence-corrected chi connectivity index (χ3v) is 3.53. The van der Waals surface area contributed by atoms with Crippen molar-refractivity contribution in [3.05, 3.63) is 0 Å². The maximum atomic E-state index is 10.4. The summed E-state index contributed by atoms with van der Waals surface area (Å²) in [6, 6.07) is 0. The van der Waals surface area contributed by atoms with E-state index in [-0.39, 0.29) is 0 Å². The molecule has 1 unspecified atom stereocenters. The Morgan fingerprint density at radius 3 is 2.67 bits per heavy atom. The van der Waals surface area contributed by atoms with Crippen molar-refractivity contribution in [2.75, 3.05) is 46.4 Å². The molecule has 4 heteroatoms. The van der Waals surface area contributed by atoms with Crippen molar-refractivity contribution in [3.63, 3.8) is 0 Å².